The first-order chi connectivity index (χ1) is 10.3. The van der Waals surface area contributed by atoms with Crippen LogP contribution in [-0.2, 0) is 0 Å². The average molecular weight is 288 g/mol. The van der Waals surface area contributed by atoms with Gasteiger partial charge in [-0.15, -0.1) is 0 Å². The minimum absolute atomic E-state index is 0.362. The van der Waals surface area contributed by atoms with Crippen LogP contribution in [0.25, 0.3) is 10.8 Å². The molecule has 1 heterocycles. The van der Waals surface area contributed by atoms with Crippen molar-refractivity contribution in [3.05, 3.63) is 42.5 Å². The molecule has 0 radical (unpaired) electrons. The van der Waals surface area contributed by atoms with Gasteiger partial charge in [-0.05, 0) is 11.5 Å². The highest BCUT2D eigenvalue weighted by molar-refractivity contribution is 5.88. The quantitative estimate of drug-likeness (QED) is 0.664. The number of quaternary nitrogens is 2. The van der Waals surface area contributed by atoms with Crippen molar-refractivity contribution in [3.63, 3.8) is 0 Å². The third kappa shape index (κ3) is 3.73. The molecule has 4 heteroatoms. The Hall–Kier alpha value is -1.62. The Balaban J connectivity index is 1.58. The van der Waals surface area contributed by atoms with Crippen LogP contribution in [0.4, 0.5) is 0 Å². The lowest BCUT2D eigenvalue weighted by atomic mass is 10.1. The van der Waals surface area contributed by atoms with Crippen LogP contribution in [0.15, 0.2) is 42.5 Å². The molecule has 1 saturated heterocycles. The molecule has 1 atom stereocenters. The molecule has 0 saturated carbocycles. The zero-order chi connectivity index (χ0) is 14.5. The number of nitrogens with one attached hydrogen (secondary N) is 1. The summed E-state index contributed by atoms with van der Waals surface area (Å²) in [5.41, 5.74) is 0. The molecule has 0 aliphatic carbocycles. The maximum atomic E-state index is 10.2. The summed E-state index contributed by atoms with van der Waals surface area (Å²) in [5.74, 6) is 0.856. The number of piperazine rings is 1. The Morgan fingerprint density at radius 1 is 1.10 bits per heavy atom. The fourth-order valence-electron chi connectivity index (χ4n) is 2.99. The van der Waals surface area contributed by atoms with Crippen LogP contribution in [-0.4, -0.2) is 50.5 Å². The Morgan fingerprint density at radius 2 is 1.86 bits per heavy atom. The number of hydrogen-bond donors (Lipinski definition) is 3. The van der Waals surface area contributed by atoms with Gasteiger partial charge in [-0.25, -0.2) is 0 Å². The topological polar surface area (TPSA) is 50.5 Å². The van der Waals surface area contributed by atoms with E-state index in [9.17, 15) is 5.11 Å². The molecule has 112 valence electrons. The van der Waals surface area contributed by atoms with Crippen LogP contribution in [0.5, 0.6) is 5.75 Å². The lowest BCUT2D eigenvalue weighted by Crippen LogP contribution is -3.21. The highest BCUT2D eigenvalue weighted by Crippen LogP contribution is 2.25. The van der Waals surface area contributed by atoms with E-state index in [0.29, 0.717) is 6.61 Å². The van der Waals surface area contributed by atoms with Crippen molar-refractivity contribution in [3.8, 4) is 5.75 Å². The summed E-state index contributed by atoms with van der Waals surface area (Å²) in [7, 11) is 0. The van der Waals surface area contributed by atoms with Gasteiger partial charge in [0.1, 0.15) is 51.2 Å². The summed E-state index contributed by atoms with van der Waals surface area (Å²) in [6.45, 7) is 5.72. The molecule has 1 fully saturated rings. The van der Waals surface area contributed by atoms with Gasteiger partial charge in [-0.2, -0.15) is 0 Å². The van der Waals surface area contributed by atoms with Crippen LogP contribution in [0.2, 0.25) is 0 Å². The summed E-state index contributed by atoms with van der Waals surface area (Å²) in [6, 6.07) is 14.2. The van der Waals surface area contributed by atoms with E-state index in [1.807, 2.05) is 24.3 Å². The average Bonchev–Trinajstić information content (AvgIpc) is 2.54. The van der Waals surface area contributed by atoms with E-state index in [0.717, 1.165) is 43.9 Å². The number of fused-ring (bicyclic) bond motifs is 1. The maximum absolute atomic E-state index is 10.2. The van der Waals surface area contributed by atoms with Crippen molar-refractivity contribution < 1.29 is 20.1 Å². The molecule has 1 aliphatic heterocycles. The largest absolute Gasteiger partial charge is 0.490 e. The van der Waals surface area contributed by atoms with Gasteiger partial charge in [0, 0.05) is 5.39 Å². The molecule has 0 bridgehead atoms. The Bertz CT molecular complexity index is 577. The highest BCUT2D eigenvalue weighted by Gasteiger charge is 2.19. The molecule has 0 unspecified atom stereocenters. The van der Waals surface area contributed by atoms with Crippen molar-refractivity contribution in [1.82, 2.24) is 0 Å². The maximum Gasteiger partial charge on any atom is 0.137 e. The standard InChI is InChI=1S/C17H22N2O2/c20-15(12-19-10-8-18-9-11-19)13-21-17-7-3-5-14-4-1-2-6-16(14)17/h1-7,15,18,20H,8-13H2/p+2/t15-/m1/s1. The molecule has 3 rings (SSSR count). The number of aliphatic hydroxyl groups is 1. The van der Waals surface area contributed by atoms with E-state index in [2.05, 4.69) is 23.5 Å². The number of aliphatic hydroxyl groups excluding tert-OH is 1. The Morgan fingerprint density at radius 3 is 2.71 bits per heavy atom. The molecular formula is C17H24N2O2+2. The zero-order valence-corrected chi connectivity index (χ0v) is 12.3. The Labute approximate surface area is 125 Å². The van der Waals surface area contributed by atoms with Crippen molar-refractivity contribution >= 4 is 10.8 Å². The van der Waals surface area contributed by atoms with Gasteiger partial charge < -0.3 is 20.1 Å². The summed E-state index contributed by atoms with van der Waals surface area (Å²) < 4.78 is 5.85. The first-order valence-electron chi connectivity index (χ1n) is 7.77. The third-order valence-corrected chi connectivity index (χ3v) is 4.11. The molecule has 21 heavy (non-hydrogen) atoms. The van der Waals surface area contributed by atoms with Crippen LogP contribution >= 0.6 is 0 Å². The molecule has 1 aliphatic rings. The normalized spacial score (nSPS) is 17.8. The number of rotatable bonds is 5. The number of ether oxygens (including phenoxy) is 1. The van der Waals surface area contributed by atoms with Crippen molar-refractivity contribution in [2.45, 2.75) is 6.10 Å². The van der Waals surface area contributed by atoms with Gasteiger partial charge in [0.2, 0.25) is 0 Å². The van der Waals surface area contributed by atoms with Gasteiger partial charge >= 0.3 is 0 Å². The molecule has 4 nitrogen and oxygen atoms in total. The lowest BCUT2D eigenvalue weighted by Gasteiger charge is -2.24. The number of benzene rings is 2. The van der Waals surface area contributed by atoms with Crippen molar-refractivity contribution in [2.24, 2.45) is 0 Å². The monoisotopic (exact) mass is 288 g/mol. The molecule has 4 N–H and O–H groups in total. The first-order valence-corrected chi connectivity index (χ1v) is 7.77. The molecule has 0 amide bonds. The second-order valence-electron chi connectivity index (χ2n) is 5.76. The van der Waals surface area contributed by atoms with E-state index in [1.54, 1.807) is 0 Å². The summed E-state index contributed by atoms with van der Waals surface area (Å²) in [6.07, 6.45) is -0.405. The molecule has 2 aromatic rings. The number of hydrogen-bond acceptors (Lipinski definition) is 2. The first kappa shape index (κ1) is 14.3. The second kappa shape index (κ2) is 6.89. The van der Waals surface area contributed by atoms with Gasteiger partial charge in [-0.3, -0.25) is 0 Å². The second-order valence-corrected chi connectivity index (χ2v) is 5.76. The Kier molecular flexibility index (Phi) is 4.70. The highest BCUT2D eigenvalue weighted by atomic mass is 16.5. The van der Waals surface area contributed by atoms with Crippen molar-refractivity contribution in [2.75, 3.05) is 39.3 Å². The predicted molar refractivity (Wildman–Crippen MR) is 82.7 cm³/mol. The summed E-state index contributed by atoms with van der Waals surface area (Å²) in [4.78, 5) is 1.48. The number of nitrogens with two attached hydrogens (primary N) is 1. The predicted octanol–water partition coefficient (Wildman–Crippen LogP) is -0.959. The fraction of sp³-hybridized carbons (Fsp3) is 0.412. The minimum Gasteiger partial charge on any atom is -0.490 e. The van der Waals surface area contributed by atoms with Crippen molar-refractivity contribution in [1.29, 1.82) is 0 Å². The molecule has 0 spiro atoms. The van der Waals surface area contributed by atoms with Gasteiger partial charge in [-0.1, -0.05) is 36.4 Å². The lowest BCUT2D eigenvalue weighted by molar-refractivity contribution is -0.949. The van der Waals surface area contributed by atoms with Gasteiger partial charge in [0.05, 0.1) is 0 Å². The van der Waals surface area contributed by atoms with Gasteiger partial charge in [0.15, 0.2) is 0 Å². The van der Waals surface area contributed by atoms with Crippen LogP contribution in [0, 0.1) is 0 Å². The molecule has 0 aromatic heterocycles. The molecule has 2 aromatic carbocycles. The van der Waals surface area contributed by atoms with Gasteiger partial charge in [0.25, 0.3) is 0 Å². The minimum atomic E-state index is -0.405. The fourth-order valence-corrected chi connectivity index (χ4v) is 2.99. The van der Waals surface area contributed by atoms with Crippen LogP contribution < -0.4 is 15.0 Å². The van der Waals surface area contributed by atoms with E-state index >= 15 is 0 Å². The smallest absolute Gasteiger partial charge is 0.137 e. The van der Waals surface area contributed by atoms with E-state index in [-0.39, 0.29) is 0 Å². The third-order valence-electron chi connectivity index (χ3n) is 4.11. The van der Waals surface area contributed by atoms with Crippen LogP contribution in [0.1, 0.15) is 0 Å². The zero-order valence-electron chi connectivity index (χ0n) is 12.3. The summed E-state index contributed by atoms with van der Waals surface area (Å²) >= 11 is 0. The van der Waals surface area contributed by atoms with E-state index < -0.39 is 6.10 Å². The van der Waals surface area contributed by atoms with Crippen LogP contribution in [0.3, 0.4) is 0 Å². The van der Waals surface area contributed by atoms with E-state index in [4.69, 9.17) is 4.74 Å². The van der Waals surface area contributed by atoms with E-state index in [1.165, 1.54) is 10.3 Å². The SMILES string of the molecule is O[C@@H](COc1cccc2ccccc12)C[NH+]1CC[NH2+]CC1. The molecular weight excluding hydrogens is 264 g/mol. The summed E-state index contributed by atoms with van der Waals surface area (Å²) in [5, 5.41) is 14.8.